The number of nitrogens with one attached hydrogen (secondary N) is 2. The summed E-state index contributed by atoms with van der Waals surface area (Å²) >= 11 is 0. The van der Waals surface area contributed by atoms with Gasteiger partial charge in [0.1, 0.15) is 23.1 Å². The van der Waals surface area contributed by atoms with Crippen molar-refractivity contribution in [3.63, 3.8) is 0 Å². The van der Waals surface area contributed by atoms with Crippen LogP contribution >= 0.6 is 0 Å². The average molecular weight is 332 g/mol. The van der Waals surface area contributed by atoms with Gasteiger partial charge in [0.05, 0.1) is 6.61 Å². The van der Waals surface area contributed by atoms with E-state index in [2.05, 4.69) is 16.7 Å². The van der Waals surface area contributed by atoms with Crippen LogP contribution in [-0.2, 0) is 12.8 Å². The van der Waals surface area contributed by atoms with E-state index in [4.69, 9.17) is 4.74 Å². The number of fused-ring (bicyclic) bond motifs is 1. The molecule has 0 fully saturated rings. The van der Waals surface area contributed by atoms with Crippen LogP contribution in [0.2, 0.25) is 0 Å². The van der Waals surface area contributed by atoms with Crippen molar-refractivity contribution in [1.82, 2.24) is 5.32 Å². The van der Waals surface area contributed by atoms with E-state index in [-0.39, 0.29) is 6.04 Å². The van der Waals surface area contributed by atoms with E-state index in [0.29, 0.717) is 13.0 Å². The Labute approximate surface area is 138 Å². The van der Waals surface area contributed by atoms with E-state index in [1.165, 1.54) is 6.07 Å². The molecule has 0 aromatic heterocycles. The maximum atomic E-state index is 13.5. The van der Waals surface area contributed by atoms with E-state index in [9.17, 15) is 13.6 Å². The third kappa shape index (κ3) is 3.64. The molecule has 6 heteroatoms. The van der Waals surface area contributed by atoms with E-state index >= 15 is 0 Å². The van der Waals surface area contributed by atoms with E-state index < -0.39 is 23.4 Å². The smallest absolute Gasteiger partial charge is 0.319 e. The fourth-order valence-corrected chi connectivity index (χ4v) is 2.76. The summed E-state index contributed by atoms with van der Waals surface area (Å²) in [6.07, 6.45) is 1.50. The average Bonchev–Trinajstić information content (AvgIpc) is 2.98. The zero-order valence-electron chi connectivity index (χ0n) is 13.2. The van der Waals surface area contributed by atoms with E-state index in [1.54, 1.807) is 0 Å². The van der Waals surface area contributed by atoms with Crippen molar-refractivity contribution >= 4 is 11.7 Å². The molecule has 0 saturated carbocycles. The first-order valence-corrected chi connectivity index (χ1v) is 7.79. The van der Waals surface area contributed by atoms with Gasteiger partial charge in [0.25, 0.3) is 0 Å². The maximum Gasteiger partial charge on any atom is 0.319 e. The summed E-state index contributed by atoms with van der Waals surface area (Å²) in [6.45, 7) is 2.53. The van der Waals surface area contributed by atoms with Crippen LogP contribution in [0.3, 0.4) is 0 Å². The molecule has 1 atom stereocenters. The lowest BCUT2D eigenvalue weighted by atomic mass is 10.0. The summed E-state index contributed by atoms with van der Waals surface area (Å²) in [5.74, 6) is -0.708. The molecule has 2 aromatic rings. The predicted molar refractivity (Wildman–Crippen MR) is 87.3 cm³/mol. The molecule has 1 aliphatic heterocycles. The summed E-state index contributed by atoms with van der Waals surface area (Å²) in [7, 11) is 0. The number of rotatable bonds is 4. The van der Waals surface area contributed by atoms with Crippen molar-refractivity contribution in [3.8, 4) is 5.75 Å². The number of hydrogen-bond acceptors (Lipinski definition) is 2. The number of anilines is 1. The Hall–Kier alpha value is -2.63. The van der Waals surface area contributed by atoms with Crippen molar-refractivity contribution in [2.45, 2.75) is 25.8 Å². The molecule has 2 N–H and O–H groups in total. The zero-order chi connectivity index (χ0) is 17.1. The number of halogens is 2. The molecule has 2 amide bonds. The molecule has 0 saturated heterocycles. The second-order valence-corrected chi connectivity index (χ2v) is 5.84. The van der Waals surface area contributed by atoms with Crippen molar-refractivity contribution in [2.75, 3.05) is 11.9 Å². The highest BCUT2D eigenvalue weighted by molar-refractivity contribution is 5.89. The van der Waals surface area contributed by atoms with Gasteiger partial charge in [-0.15, -0.1) is 0 Å². The molecule has 1 heterocycles. The first-order chi connectivity index (χ1) is 11.5. The third-order valence-corrected chi connectivity index (χ3v) is 3.87. The van der Waals surface area contributed by atoms with Gasteiger partial charge in [0.15, 0.2) is 0 Å². The normalized spacial score (nSPS) is 13.8. The predicted octanol–water partition coefficient (Wildman–Crippen LogP) is 3.65. The number of carbonyl (C=O) groups is 1. The van der Waals surface area contributed by atoms with Gasteiger partial charge in [0.2, 0.25) is 0 Å². The van der Waals surface area contributed by atoms with Crippen LogP contribution in [0.1, 0.15) is 18.1 Å². The van der Waals surface area contributed by atoms with Crippen molar-refractivity contribution in [3.05, 3.63) is 59.2 Å². The Morgan fingerprint density at radius 1 is 1.25 bits per heavy atom. The Morgan fingerprint density at radius 3 is 2.75 bits per heavy atom. The second kappa shape index (κ2) is 6.86. The van der Waals surface area contributed by atoms with Gasteiger partial charge in [-0.25, -0.2) is 13.6 Å². The van der Waals surface area contributed by atoms with Crippen LogP contribution < -0.4 is 15.4 Å². The van der Waals surface area contributed by atoms with Gasteiger partial charge in [-0.2, -0.15) is 0 Å². The molecular formula is C18H18F2N2O2. The van der Waals surface area contributed by atoms with Crippen LogP contribution in [0.5, 0.6) is 5.75 Å². The second-order valence-electron chi connectivity index (χ2n) is 5.84. The molecular weight excluding hydrogens is 314 g/mol. The number of ether oxygens (including phenoxy) is 1. The van der Waals surface area contributed by atoms with Gasteiger partial charge in [0, 0.05) is 12.5 Å². The van der Waals surface area contributed by atoms with Crippen molar-refractivity contribution in [1.29, 1.82) is 0 Å². The Morgan fingerprint density at radius 2 is 2.00 bits per heavy atom. The summed E-state index contributed by atoms with van der Waals surface area (Å²) in [5.41, 5.74) is 1.79. The Balaban J connectivity index is 1.58. The van der Waals surface area contributed by atoms with Gasteiger partial charge < -0.3 is 15.4 Å². The van der Waals surface area contributed by atoms with Gasteiger partial charge in [-0.3, -0.25) is 0 Å². The lowest BCUT2D eigenvalue weighted by Crippen LogP contribution is -2.37. The minimum Gasteiger partial charge on any atom is -0.493 e. The van der Waals surface area contributed by atoms with Gasteiger partial charge in [-0.1, -0.05) is 18.2 Å². The summed E-state index contributed by atoms with van der Waals surface area (Å²) in [5, 5.41) is 4.90. The maximum absolute atomic E-state index is 13.5. The molecule has 0 aliphatic carbocycles. The molecule has 126 valence electrons. The van der Waals surface area contributed by atoms with Crippen molar-refractivity contribution < 1.29 is 18.3 Å². The fraction of sp³-hybridized carbons (Fsp3) is 0.278. The summed E-state index contributed by atoms with van der Waals surface area (Å²) in [4.78, 5) is 11.9. The van der Waals surface area contributed by atoms with E-state index in [1.807, 2.05) is 19.1 Å². The van der Waals surface area contributed by atoms with E-state index in [0.717, 1.165) is 35.4 Å². The monoisotopic (exact) mass is 332 g/mol. The number of urea groups is 1. The SMILES string of the molecule is C[C@@H](Cc1ccc2c(c1)CCO2)NC(=O)Nc1c(F)cccc1F. The number of amides is 2. The van der Waals surface area contributed by atoms with Gasteiger partial charge >= 0.3 is 6.03 Å². The highest BCUT2D eigenvalue weighted by atomic mass is 19.1. The zero-order valence-corrected chi connectivity index (χ0v) is 13.2. The van der Waals surface area contributed by atoms with Crippen LogP contribution in [0.15, 0.2) is 36.4 Å². The van der Waals surface area contributed by atoms with Gasteiger partial charge in [-0.05, 0) is 42.7 Å². The third-order valence-electron chi connectivity index (χ3n) is 3.87. The van der Waals surface area contributed by atoms with Crippen LogP contribution in [0.4, 0.5) is 19.3 Å². The molecule has 3 rings (SSSR count). The topological polar surface area (TPSA) is 50.4 Å². The highest BCUT2D eigenvalue weighted by Crippen LogP contribution is 2.26. The summed E-state index contributed by atoms with van der Waals surface area (Å²) < 4.78 is 32.5. The Kier molecular flexibility index (Phi) is 4.64. The van der Waals surface area contributed by atoms with Crippen LogP contribution in [0.25, 0.3) is 0 Å². The van der Waals surface area contributed by atoms with Crippen LogP contribution in [-0.4, -0.2) is 18.7 Å². The molecule has 0 unspecified atom stereocenters. The first-order valence-electron chi connectivity index (χ1n) is 7.79. The Bertz CT molecular complexity index is 744. The fourth-order valence-electron chi connectivity index (χ4n) is 2.76. The number of hydrogen-bond donors (Lipinski definition) is 2. The number of benzene rings is 2. The highest BCUT2D eigenvalue weighted by Gasteiger charge is 2.16. The molecule has 0 spiro atoms. The first kappa shape index (κ1) is 16.2. The van der Waals surface area contributed by atoms with Crippen LogP contribution in [0, 0.1) is 11.6 Å². The molecule has 0 radical (unpaired) electrons. The largest absolute Gasteiger partial charge is 0.493 e. The lowest BCUT2D eigenvalue weighted by Gasteiger charge is -2.16. The minimum atomic E-state index is -0.809. The molecule has 0 bridgehead atoms. The standard InChI is InChI=1S/C18H18F2N2O2/c1-11(9-12-5-6-16-13(10-12)7-8-24-16)21-18(23)22-17-14(19)3-2-4-15(17)20/h2-6,10-11H,7-9H2,1H3,(H2,21,22,23)/t11-/m0/s1. The number of carbonyl (C=O) groups excluding carboxylic acids is 1. The molecule has 1 aliphatic rings. The van der Waals surface area contributed by atoms with Crippen molar-refractivity contribution in [2.24, 2.45) is 0 Å². The minimum absolute atomic E-state index is 0.194. The lowest BCUT2D eigenvalue weighted by molar-refractivity contribution is 0.249. The molecule has 4 nitrogen and oxygen atoms in total. The summed E-state index contributed by atoms with van der Waals surface area (Å²) in [6, 6.07) is 8.54. The molecule has 24 heavy (non-hydrogen) atoms. The number of para-hydroxylation sites is 1. The molecule has 2 aromatic carbocycles. The quantitative estimate of drug-likeness (QED) is 0.898.